The molecule has 3 nitrogen and oxygen atoms in total. The summed E-state index contributed by atoms with van der Waals surface area (Å²) in [5.41, 5.74) is -0.0137. The summed E-state index contributed by atoms with van der Waals surface area (Å²) in [6.45, 7) is 7.35. The van der Waals surface area contributed by atoms with Crippen LogP contribution in [0, 0.1) is 5.92 Å². The molecule has 1 fully saturated rings. The maximum atomic E-state index is 5.64. The summed E-state index contributed by atoms with van der Waals surface area (Å²) in [4.78, 5) is 0. The van der Waals surface area contributed by atoms with Crippen molar-refractivity contribution in [2.24, 2.45) is 5.92 Å². The standard InChI is InChI=1S/C13H27NO2/c1-10-8-11(9-16-10)12(14-4)6-7-13(2,3)15-5/h10-12,14H,6-9H2,1-5H3. The van der Waals surface area contributed by atoms with Crippen LogP contribution in [0.5, 0.6) is 0 Å². The van der Waals surface area contributed by atoms with E-state index in [1.165, 1.54) is 6.42 Å². The molecule has 3 heteroatoms. The van der Waals surface area contributed by atoms with Gasteiger partial charge in [-0.2, -0.15) is 0 Å². The van der Waals surface area contributed by atoms with Crippen LogP contribution in [0.15, 0.2) is 0 Å². The Bertz CT molecular complexity index is 206. The fraction of sp³-hybridized carbons (Fsp3) is 1.00. The Kier molecular flexibility index (Phi) is 5.22. The molecule has 1 rings (SSSR count). The average Bonchev–Trinajstić information content (AvgIpc) is 2.66. The largest absolute Gasteiger partial charge is 0.379 e. The van der Waals surface area contributed by atoms with E-state index in [0.717, 1.165) is 19.4 Å². The average molecular weight is 229 g/mol. The van der Waals surface area contributed by atoms with Crippen LogP contribution in [0.1, 0.15) is 40.0 Å². The number of rotatable bonds is 6. The van der Waals surface area contributed by atoms with E-state index in [1.807, 2.05) is 7.05 Å². The molecule has 0 saturated carbocycles. The molecule has 0 aromatic heterocycles. The van der Waals surface area contributed by atoms with Crippen LogP contribution in [0.25, 0.3) is 0 Å². The van der Waals surface area contributed by atoms with Crippen molar-refractivity contribution >= 4 is 0 Å². The molecule has 0 aliphatic carbocycles. The van der Waals surface area contributed by atoms with Crippen LogP contribution in [0.2, 0.25) is 0 Å². The van der Waals surface area contributed by atoms with E-state index >= 15 is 0 Å². The third-order valence-electron chi connectivity index (χ3n) is 3.78. The van der Waals surface area contributed by atoms with Gasteiger partial charge < -0.3 is 14.8 Å². The minimum Gasteiger partial charge on any atom is -0.379 e. The SMILES string of the molecule is CNC(CCC(C)(C)OC)C1COC(C)C1. The summed E-state index contributed by atoms with van der Waals surface area (Å²) in [7, 11) is 3.84. The van der Waals surface area contributed by atoms with Gasteiger partial charge in [0.25, 0.3) is 0 Å². The fourth-order valence-corrected chi connectivity index (χ4v) is 2.35. The highest BCUT2D eigenvalue weighted by Gasteiger charge is 2.30. The summed E-state index contributed by atoms with van der Waals surface area (Å²) < 4.78 is 11.1. The van der Waals surface area contributed by atoms with E-state index in [0.29, 0.717) is 18.1 Å². The highest BCUT2D eigenvalue weighted by Crippen LogP contribution is 2.26. The molecule has 0 amide bonds. The van der Waals surface area contributed by atoms with Gasteiger partial charge in [-0.15, -0.1) is 0 Å². The molecule has 1 N–H and O–H groups in total. The molecule has 3 atom stereocenters. The van der Waals surface area contributed by atoms with Crippen LogP contribution in [-0.2, 0) is 9.47 Å². The molecule has 16 heavy (non-hydrogen) atoms. The molecule has 3 unspecified atom stereocenters. The monoisotopic (exact) mass is 229 g/mol. The summed E-state index contributed by atoms with van der Waals surface area (Å²) in [6, 6.07) is 0.555. The molecule has 96 valence electrons. The van der Waals surface area contributed by atoms with Gasteiger partial charge in [-0.25, -0.2) is 0 Å². The smallest absolute Gasteiger partial charge is 0.0623 e. The van der Waals surface area contributed by atoms with Gasteiger partial charge in [0.15, 0.2) is 0 Å². The van der Waals surface area contributed by atoms with Crippen molar-refractivity contribution in [2.45, 2.75) is 57.8 Å². The Morgan fingerprint density at radius 1 is 1.50 bits per heavy atom. The van der Waals surface area contributed by atoms with Crippen molar-refractivity contribution in [3.05, 3.63) is 0 Å². The zero-order valence-electron chi connectivity index (χ0n) is 11.4. The zero-order valence-corrected chi connectivity index (χ0v) is 11.4. The molecule has 1 aliphatic heterocycles. The highest BCUT2D eigenvalue weighted by atomic mass is 16.5. The number of hydrogen-bond donors (Lipinski definition) is 1. The highest BCUT2D eigenvalue weighted by molar-refractivity contribution is 4.83. The summed E-state index contributed by atoms with van der Waals surface area (Å²) in [5.74, 6) is 0.660. The molecule has 1 saturated heterocycles. The van der Waals surface area contributed by atoms with Gasteiger partial charge in [-0.1, -0.05) is 0 Å². The van der Waals surface area contributed by atoms with Crippen LogP contribution >= 0.6 is 0 Å². The van der Waals surface area contributed by atoms with E-state index in [9.17, 15) is 0 Å². The first-order valence-electron chi connectivity index (χ1n) is 6.32. The van der Waals surface area contributed by atoms with Crippen molar-refractivity contribution in [3.8, 4) is 0 Å². The summed E-state index contributed by atoms with van der Waals surface area (Å²) >= 11 is 0. The molecular weight excluding hydrogens is 202 g/mol. The lowest BCUT2D eigenvalue weighted by Gasteiger charge is -2.28. The first-order valence-corrected chi connectivity index (χ1v) is 6.32. The van der Waals surface area contributed by atoms with Crippen molar-refractivity contribution in [2.75, 3.05) is 20.8 Å². The van der Waals surface area contributed by atoms with Crippen molar-refractivity contribution in [3.63, 3.8) is 0 Å². The first kappa shape index (κ1) is 13.9. The Hall–Kier alpha value is -0.120. The van der Waals surface area contributed by atoms with E-state index in [4.69, 9.17) is 9.47 Å². The van der Waals surface area contributed by atoms with Gasteiger partial charge in [0.05, 0.1) is 18.3 Å². The van der Waals surface area contributed by atoms with Crippen LogP contribution in [0.4, 0.5) is 0 Å². The molecule has 0 aromatic rings. The zero-order chi connectivity index (χ0) is 12.2. The van der Waals surface area contributed by atoms with Crippen molar-refractivity contribution < 1.29 is 9.47 Å². The minimum absolute atomic E-state index is 0.0137. The topological polar surface area (TPSA) is 30.5 Å². The van der Waals surface area contributed by atoms with Crippen molar-refractivity contribution in [1.82, 2.24) is 5.32 Å². The molecule has 1 aliphatic rings. The molecule has 0 bridgehead atoms. The van der Waals surface area contributed by atoms with Gasteiger partial charge in [0, 0.05) is 19.1 Å². The summed E-state index contributed by atoms with van der Waals surface area (Å²) in [6.07, 6.45) is 3.84. The first-order chi connectivity index (χ1) is 7.48. The van der Waals surface area contributed by atoms with E-state index in [1.54, 1.807) is 7.11 Å². The molecule has 0 aromatic carbocycles. The molecular formula is C13H27NO2. The third kappa shape index (κ3) is 4.04. The van der Waals surface area contributed by atoms with Crippen molar-refractivity contribution in [1.29, 1.82) is 0 Å². The Balaban J connectivity index is 2.37. The number of methoxy groups -OCH3 is 1. The van der Waals surface area contributed by atoms with Crippen LogP contribution in [0.3, 0.4) is 0 Å². The van der Waals surface area contributed by atoms with Gasteiger partial charge in [0.1, 0.15) is 0 Å². The lowest BCUT2D eigenvalue weighted by atomic mass is 9.90. The number of nitrogens with one attached hydrogen (secondary N) is 1. The summed E-state index contributed by atoms with van der Waals surface area (Å²) in [5, 5.41) is 3.43. The predicted molar refractivity (Wildman–Crippen MR) is 66.7 cm³/mol. The second kappa shape index (κ2) is 5.99. The van der Waals surface area contributed by atoms with E-state index < -0.39 is 0 Å². The third-order valence-corrected chi connectivity index (χ3v) is 3.78. The van der Waals surface area contributed by atoms with Crippen LogP contribution < -0.4 is 5.32 Å². The number of ether oxygens (including phenoxy) is 2. The van der Waals surface area contributed by atoms with Gasteiger partial charge in [-0.05, 0) is 47.1 Å². The second-order valence-electron chi connectivity index (χ2n) is 5.54. The normalized spacial score (nSPS) is 28.3. The quantitative estimate of drug-likeness (QED) is 0.757. The Morgan fingerprint density at radius 3 is 2.62 bits per heavy atom. The Labute approximate surface area is 99.9 Å². The molecule has 1 heterocycles. The predicted octanol–water partition coefficient (Wildman–Crippen LogP) is 2.20. The lowest BCUT2D eigenvalue weighted by Crippen LogP contribution is -2.36. The molecule has 0 spiro atoms. The lowest BCUT2D eigenvalue weighted by molar-refractivity contribution is 0.0101. The fourth-order valence-electron chi connectivity index (χ4n) is 2.35. The van der Waals surface area contributed by atoms with Gasteiger partial charge in [0.2, 0.25) is 0 Å². The minimum atomic E-state index is -0.0137. The van der Waals surface area contributed by atoms with Gasteiger partial charge in [-0.3, -0.25) is 0 Å². The second-order valence-corrected chi connectivity index (χ2v) is 5.54. The maximum Gasteiger partial charge on any atom is 0.0623 e. The van der Waals surface area contributed by atoms with E-state index in [2.05, 4.69) is 26.1 Å². The Morgan fingerprint density at radius 2 is 2.19 bits per heavy atom. The molecule has 0 radical (unpaired) electrons. The van der Waals surface area contributed by atoms with Crippen LogP contribution in [-0.4, -0.2) is 38.5 Å². The number of hydrogen-bond acceptors (Lipinski definition) is 3. The van der Waals surface area contributed by atoms with E-state index in [-0.39, 0.29) is 5.60 Å². The maximum absolute atomic E-state index is 5.64. The van der Waals surface area contributed by atoms with Gasteiger partial charge >= 0.3 is 0 Å².